The molecule has 2 rings (SSSR count). The van der Waals surface area contributed by atoms with Gasteiger partial charge in [0.05, 0.1) is 20.4 Å². The van der Waals surface area contributed by atoms with Crippen LogP contribution in [0.15, 0.2) is 47.6 Å². The summed E-state index contributed by atoms with van der Waals surface area (Å²) in [5, 5.41) is 3.96. The number of nitrogens with zero attached hydrogens (tertiary/aromatic N) is 1. The van der Waals surface area contributed by atoms with E-state index in [-0.39, 0.29) is 5.91 Å². The molecule has 0 aliphatic rings. The molecular formula is C17H18N2O3. The summed E-state index contributed by atoms with van der Waals surface area (Å²) in [4.78, 5) is 12.0. The number of carbonyl (C=O) groups excluding carboxylic acids is 1. The van der Waals surface area contributed by atoms with Crippen LogP contribution in [0.1, 0.15) is 21.5 Å². The van der Waals surface area contributed by atoms with Gasteiger partial charge in [0.15, 0.2) is 11.5 Å². The molecule has 1 amide bonds. The Bertz CT molecular complexity index is 696. The van der Waals surface area contributed by atoms with Crippen LogP contribution in [0.5, 0.6) is 11.5 Å². The number of ether oxygens (including phenoxy) is 2. The molecule has 0 heterocycles. The highest BCUT2D eigenvalue weighted by atomic mass is 16.5. The normalized spacial score (nSPS) is 10.5. The molecule has 0 unspecified atom stereocenters. The van der Waals surface area contributed by atoms with Crippen LogP contribution in [0, 0.1) is 6.92 Å². The molecule has 0 aliphatic carbocycles. The van der Waals surface area contributed by atoms with E-state index in [4.69, 9.17) is 9.47 Å². The SMILES string of the molecule is COc1ccc(C(=O)N/N=C/c2cccc(C)c2)cc1OC. The summed E-state index contributed by atoms with van der Waals surface area (Å²) in [7, 11) is 3.07. The van der Waals surface area contributed by atoms with Crippen molar-refractivity contribution in [1.82, 2.24) is 5.43 Å². The smallest absolute Gasteiger partial charge is 0.271 e. The third-order valence-corrected chi connectivity index (χ3v) is 3.07. The zero-order chi connectivity index (χ0) is 15.9. The second-order valence-corrected chi connectivity index (χ2v) is 4.68. The molecule has 22 heavy (non-hydrogen) atoms. The van der Waals surface area contributed by atoms with E-state index in [1.165, 1.54) is 7.11 Å². The van der Waals surface area contributed by atoms with Gasteiger partial charge in [0.1, 0.15) is 0 Å². The number of benzene rings is 2. The monoisotopic (exact) mass is 298 g/mol. The summed E-state index contributed by atoms with van der Waals surface area (Å²) in [5.41, 5.74) is 4.99. The lowest BCUT2D eigenvalue weighted by atomic mass is 10.2. The van der Waals surface area contributed by atoms with Crippen LogP contribution in [-0.4, -0.2) is 26.3 Å². The molecule has 5 heteroatoms. The van der Waals surface area contributed by atoms with E-state index < -0.39 is 0 Å². The van der Waals surface area contributed by atoms with E-state index in [2.05, 4.69) is 10.5 Å². The van der Waals surface area contributed by atoms with Crippen LogP contribution in [0.25, 0.3) is 0 Å². The third-order valence-electron chi connectivity index (χ3n) is 3.07. The first-order valence-corrected chi connectivity index (χ1v) is 6.76. The number of amides is 1. The zero-order valence-corrected chi connectivity index (χ0v) is 12.8. The molecule has 114 valence electrons. The molecule has 2 aromatic rings. The average Bonchev–Trinajstić information content (AvgIpc) is 2.54. The van der Waals surface area contributed by atoms with Gasteiger partial charge in [-0.3, -0.25) is 4.79 Å². The maximum Gasteiger partial charge on any atom is 0.271 e. The summed E-state index contributed by atoms with van der Waals surface area (Å²) >= 11 is 0. The fraction of sp³-hybridized carbons (Fsp3) is 0.176. The Morgan fingerprint density at radius 2 is 1.86 bits per heavy atom. The van der Waals surface area contributed by atoms with Crippen molar-refractivity contribution in [2.45, 2.75) is 6.92 Å². The first kappa shape index (κ1) is 15.6. The minimum absolute atomic E-state index is 0.315. The van der Waals surface area contributed by atoms with Crippen LogP contribution in [0.2, 0.25) is 0 Å². The van der Waals surface area contributed by atoms with Crippen molar-refractivity contribution in [1.29, 1.82) is 0 Å². The van der Waals surface area contributed by atoms with Crippen LogP contribution in [0.3, 0.4) is 0 Å². The topological polar surface area (TPSA) is 59.9 Å². The second-order valence-electron chi connectivity index (χ2n) is 4.68. The lowest BCUT2D eigenvalue weighted by Crippen LogP contribution is -2.17. The van der Waals surface area contributed by atoms with Crippen LogP contribution < -0.4 is 14.9 Å². The third kappa shape index (κ3) is 3.85. The number of hydrogen-bond acceptors (Lipinski definition) is 4. The summed E-state index contributed by atoms with van der Waals surface area (Å²) < 4.78 is 10.3. The van der Waals surface area contributed by atoms with Crippen molar-refractivity contribution in [2.75, 3.05) is 14.2 Å². The fourth-order valence-corrected chi connectivity index (χ4v) is 1.96. The Labute approximate surface area is 129 Å². The first-order valence-electron chi connectivity index (χ1n) is 6.76. The number of aryl methyl sites for hydroxylation is 1. The number of carbonyl (C=O) groups is 1. The minimum Gasteiger partial charge on any atom is -0.493 e. The Hall–Kier alpha value is -2.82. The average molecular weight is 298 g/mol. The van der Waals surface area contributed by atoms with Crippen LogP contribution in [-0.2, 0) is 0 Å². The minimum atomic E-state index is -0.315. The van der Waals surface area contributed by atoms with E-state index >= 15 is 0 Å². The number of methoxy groups -OCH3 is 2. The van der Waals surface area contributed by atoms with Gasteiger partial charge < -0.3 is 9.47 Å². The maximum atomic E-state index is 12.0. The largest absolute Gasteiger partial charge is 0.493 e. The van der Waals surface area contributed by atoms with Crippen molar-refractivity contribution in [3.8, 4) is 11.5 Å². The number of hydrogen-bond donors (Lipinski definition) is 1. The van der Waals surface area contributed by atoms with Gasteiger partial charge in [-0.25, -0.2) is 5.43 Å². The first-order chi connectivity index (χ1) is 10.6. The van der Waals surface area contributed by atoms with E-state index in [0.717, 1.165) is 11.1 Å². The maximum absolute atomic E-state index is 12.0. The highest BCUT2D eigenvalue weighted by Crippen LogP contribution is 2.27. The van der Waals surface area contributed by atoms with E-state index in [1.807, 2.05) is 31.2 Å². The van der Waals surface area contributed by atoms with E-state index in [1.54, 1.807) is 31.5 Å². The highest BCUT2D eigenvalue weighted by molar-refractivity contribution is 5.95. The fourth-order valence-electron chi connectivity index (χ4n) is 1.96. The molecule has 0 fully saturated rings. The van der Waals surface area contributed by atoms with Gasteiger partial charge in [0, 0.05) is 5.56 Å². The van der Waals surface area contributed by atoms with Crippen molar-refractivity contribution >= 4 is 12.1 Å². The standard InChI is InChI=1S/C17H18N2O3/c1-12-5-4-6-13(9-12)11-18-19-17(20)14-7-8-15(21-2)16(10-14)22-3/h4-11H,1-3H3,(H,19,20)/b18-11+. The van der Waals surface area contributed by atoms with Crippen molar-refractivity contribution in [2.24, 2.45) is 5.10 Å². The molecule has 0 saturated heterocycles. The van der Waals surface area contributed by atoms with Gasteiger partial charge >= 0.3 is 0 Å². The van der Waals surface area contributed by atoms with E-state index in [0.29, 0.717) is 17.1 Å². The predicted molar refractivity (Wildman–Crippen MR) is 85.8 cm³/mol. The van der Waals surface area contributed by atoms with Crippen molar-refractivity contribution < 1.29 is 14.3 Å². The molecule has 0 saturated carbocycles. The van der Waals surface area contributed by atoms with Crippen LogP contribution in [0.4, 0.5) is 0 Å². The summed E-state index contributed by atoms with van der Waals surface area (Å²) in [6, 6.07) is 12.8. The zero-order valence-electron chi connectivity index (χ0n) is 12.8. The van der Waals surface area contributed by atoms with Gasteiger partial charge in [-0.1, -0.05) is 29.8 Å². The second kappa shape index (κ2) is 7.26. The lowest BCUT2D eigenvalue weighted by Gasteiger charge is -2.08. The van der Waals surface area contributed by atoms with Gasteiger partial charge in [-0.05, 0) is 30.7 Å². The predicted octanol–water partition coefficient (Wildman–Crippen LogP) is 2.78. The highest BCUT2D eigenvalue weighted by Gasteiger charge is 2.09. The van der Waals surface area contributed by atoms with E-state index in [9.17, 15) is 4.79 Å². The van der Waals surface area contributed by atoms with Crippen molar-refractivity contribution in [3.63, 3.8) is 0 Å². The Balaban J connectivity index is 2.06. The molecule has 0 bridgehead atoms. The Morgan fingerprint density at radius 3 is 2.55 bits per heavy atom. The quantitative estimate of drug-likeness (QED) is 0.682. The number of nitrogens with one attached hydrogen (secondary N) is 1. The molecule has 0 radical (unpaired) electrons. The molecular weight excluding hydrogens is 280 g/mol. The van der Waals surface area contributed by atoms with Gasteiger partial charge in [0.2, 0.25) is 0 Å². The van der Waals surface area contributed by atoms with Gasteiger partial charge in [-0.2, -0.15) is 5.10 Å². The van der Waals surface area contributed by atoms with Gasteiger partial charge in [0.25, 0.3) is 5.91 Å². The molecule has 1 N–H and O–H groups in total. The summed E-state index contributed by atoms with van der Waals surface area (Å²) in [5.74, 6) is 0.755. The molecule has 0 atom stereocenters. The number of rotatable bonds is 5. The lowest BCUT2D eigenvalue weighted by molar-refractivity contribution is 0.0954. The Morgan fingerprint density at radius 1 is 1.09 bits per heavy atom. The molecule has 2 aromatic carbocycles. The van der Waals surface area contributed by atoms with Gasteiger partial charge in [-0.15, -0.1) is 0 Å². The molecule has 5 nitrogen and oxygen atoms in total. The van der Waals surface area contributed by atoms with Crippen LogP contribution >= 0.6 is 0 Å². The summed E-state index contributed by atoms with van der Waals surface area (Å²) in [6.07, 6.45) is 1.60. The molecule has 0 spiro atoms. The Kier molecular flexibility index (Phi) is 5.14. The van der Waals surface area contributed by atoms with Crippen molar-refractivity contribution in [3.05, 3.63) is 59.2 Å². The molecule has 0 aromatic heterocycles. The number of hydrazone groups is 1. The summed E-state index contributed by atoms with van der Waals surface area (Å²) in [6.45, 7) is 2.00. The molecule has 0 aliphatic heterocycles.